The molecule has 0 heterocycles. The number of primary amides is 1. The lowest BCUT2D eigenvalue weighted by molar-refractivity contribution is -0.122. The maximum Gasteiger partial charge on any atom is 0.318 e. The molecule has 15 heavy (non-hydrogen) atoms. The Balaban J connectivity index is 3.42. The van der Waals surface area contributed by atoms with Crippen molar-refractivity contribution in [2.45, 2.75) is 13.3 Å². The zero-order valence-electron chi connectivity index (χ0n) is 8.63. The molecule has 0 radical (unpaired) electrons. The van der Waals surface area contributed by atoms with Crippen LogP contribution in [-0.2, 0) is 9.59 Å². The summed E-state index contributed by atoms with van der Waals surface area (Å²) in [5, 5.41) is 7.20. The molecule has 0 atom stereocenters. The van der Waals surface area contributed by atoms with Gasteiger partial charge in [-0.05, 0) is 6.92 Å². The summed E-state index contributed by atoms with van der Waals surface area (Å²) in [5.74, 6) is -0.598. The van der Waals surface area contributed by atoms with Gasteiger partial charge in [-0.1, -0.05) is 0 Å². The van der Waals surface area contributed by atoms with Gasteiger partial charge in [0.2, 0.25) is 11.8 Å². The lowest BCUT2D eigenvalue weighted by Gasteiger charge is -2.04. The first kappa shape index (κ1) is 13.4. The second kappa shape index (κ2) is 7.74. The van der Waals surface area contributed by atoms with E-state index in [1.807, 2.05) is 12.2 Å². The van der Waals surface area contributed by atoms with Crippen molar-refractivity contribution in [3.63, 3.8) is 0 Å². The van der Waals surface area contributed by atoms with E-state index < -0.39 is 11.9 Å². The van der Waals surface area contributed by atoms with Gasteiger partial charge < -0.3 is 16.4 Å². The number of imide groups is 1. The van der Waals surface area contributed by atoms with E-state index in [4.69, 9.17) is 5.73 Å². The number of carbonyl (C=O) groups excluding carboxylic acids is 3. The highest BCUT2D eigenvalue weighted by molar-refractivity contribution is 5.94. The highest BCUT2D eigenvalue weighted by atomic mass is 16.2. The molecule has 0 unspecified atom stereocenters. The molecule has 0 aromatic heterocycles. The third-order valence-corrected chi connectivity index (χ3v) is 1.45. The van der Waals surface area contributed by atoms with Gasteiger partial charge in [-0.15, -0.1) is 0 Å². The van der Waals surface area contributed by atoms with Crippen molar-refractivity contribution in [3.05, 3.63) is 0 Å². The summed E-state index contributed by atoms with van der Waals surface area (Å²) < 4.78 is 0. The number of rotatable bonds is 6. The van der Waals surface area contributed by atoms with Crippen LogP contribution >= 0.6 is 0 Å². The minimum absolute atomic E-state index is 0.0393. The van der Waals surface area contributed by atoms with Gasteiger partial charge >= 0.3 is 6.03 Å². The van der Waals surface area contributed by atoms with Crippen molar-refractivity contribution in [2.75, 3.05) is 19.6 Å². The van der Waals surface area contributed by atoms with Crippen LogP contribution in [0, 0.1) is 0 Å². The van der Waals surface area contributed by atoms with E-state index in [9.17, 15) is 14.4 Å². The van der Waals surface area contributed by atoms with Crippen LogP contribution < -0.4 is 21.7 Å². The minimum Gasteiger partial charge on any atom is -0.356 e. The maximum absolute atomic E-state index is 10.9. The van der Waals surface area contributed by atoms with Gasteiger partial charge in [0.15, 0.2) is 0 Å². The Labute approximate surface area is 87.8 Å². The third-order valence-electron chi connectivity index (χ3n) is 1.45. The van der Waals surface area contributed by atoms with Gasteiger partial charge in [0.25, 0.3) is 0 Å². The Morgan fingerprint density at radius 3 is 2.40 bits per heavy atom. The number of nitrogens with one attached hydrogen (secondary N) is 3. The minimum atomic E-state index is -0.884. The maximum atomic E-state index is 10.9. The number of carbonyl (C=O) groups is 3. The van der Waals surface area contributed by atoms with Gasteiger partial charge in [0, 0.05) is 19.5 Å². The molecule has 0 aromatic carbocycles. The quantitative estimate of drug-likeness (QED) is 0.396. The van der Waals surface area contributed by atoms with Crippen LogP contribution in [0.25, 0.3) is 0 Å². The zero-order valence-corrected chi connectivity index (χ0v) is 8.63. The predicted octanol–water partition coefficient (Wildman–Crippen LogP) is -1.70. The molecule has 0 bridgehead atoms. The van der Waals surface area contributed by atoms with Gasteiger partial charge in [0.1, 0.15) is 0 Å². The topological polar surface area (TPSA) is 113 Å². The number of hydrogen-bond acceptors (Lipinski definition) is 4. The molecule has 0 spiro atoms. The highest BCUT2D eigenvalue weighted by Gasteiger charge is 2.03. The van der Waals surface area contributed by atoms with Crippen LogP contribution in [0.4, 0.5) is 4.79 Å². The molecule has 0 fully saturated rings. The van der Waals surface area contributed by atoms with Crippen LogP contribution in [-0.4, -0.2) is 37.5 Å². The molecule has 5 N–H and O–H groups in total. The van der Waals surface area contributed by atoms with Gasteiger partial charge in [-0.25, -0.2) is 4.79 Å². The summed E-state index contributed by atoms with van der Waals surface area (Å²) in [5.41, 5.74) is 4.72. The molecule has 7 heteroatoms. The van der Waals surface area contributed by atoms with E-state index >= 15 is 0 Å². The molecular formula is C8H16N4O3. The molecule has 0 aromatic rings. The number of urea groups is 1. The lowest BCUT2D eigenvalue weighted by Crippen LogP contribution is -2.41. The van der Waals surface area contributed by atoms with E-state index in [1.54, 1.807) is 0 Å². The normalized spacial score (nSPS) is 9.40. The fourth-order valence-corrected chi connectivity index (χ4v) is 0.871. The molecule has 0 saturated carbocycles. The van der Waals surface area contributed by atoms with Crippen LogP contribution in [0.5, 0.6) is 0 Å². The van der Waals surface area contributed by atoms with Crippen molar-refractivity contribution in [2.24, 2.45) is 5.73 Å². The molecule has 7 nitrogen and oxygen atoms in total. The summed E-state index contributed by atoms with van der Waals surface area (Å²) in [6, 6.07) is -0.884. The van der Waals surface area contributed by atoms with E-state index in [0.717, 1.165) is 0 Å². The monoisotopic (exact) mass is 216 g/mol. The second-order valence-corrected chi connectivity index (χ2v) is 2.79. The third kappa shape index (κ3) is 8.69. The first-order valence-electron chi connectivity index (χ1n) is 4.63. The van der Waals surface area contributed by atoms with Crippen LogP contribution in [0.3, 0.4) is 0 Å². The fraction of sp³-hybridized carbons (Fsp3) is 0.625. The van der Waals surface area contributed by atoms with E-state index in [0.29, 0.717) is 13.1 Å². The lowest BCUT2D eigenvalue weighted by atomic mass is 10.4. The SMILES string of the molecule is CCNC(=O)CCNCC(=O)NC(N)=O. The van der Waals surface area contributed by atoms with Crippen molar-refractivity contribution in [1.82, 2.24) is 16.0 Å². The van der Waals surface area contributed by atoms with Gasteiger partial charge in [0.05, 0.1) is 6.54 Å². The summed E-state index contributed by atoms with van der Waals surface area (Å²) in [7, 11) is 0. The number of hydrogen-bond donors (Lipinski definition) is 4. The molecule has 0 aliphatic carbocycles. The molecular weight excluding hydrogens is 200 g/mol. The summed E-state index contributed by atoms with van der Waals surface area (Å²) in [6.07, 6.45) is 0.289. The largest absolute Gasteiger partial charge is 0.356 e. The summed E-state index contributed by atoms with van der Waals surface area (Å²) in [4.78, 5) is 32.0. The first-order chi connectivity index (χ1) is 7.06. The second-order valence-electron chi connectivity index (χ2n) is 2.79. The standard InChI is InChI=1S/C8H16N4O3/c1-2-11-6(13)3-4-10-5-7(14)12-8(9)15/h10H,2-5H2,1H3,(H,11,13)(H3,9,12,14,15). The summed E-state index contributed by atoms with van der Waals surface area (Å²) >= 11 is 0. The molecule has 0 aliphatic heterocycles. The van der Waals surface area contributed by atoms with Crippen LogP contribution in [0.15, 0.2) is 0 Å². The Bertz CT molecular complexity index is 242. The molecule has 0 rings (SSSR count). The molecule has 86 valence electrons. The van der Waals surface area contributed by atoms with Crippen molar-refractivity contribution >= 4 is 17.8 Å². The number of amides is 4. The Kier molecular flexibility index (Phi) is 6.90. The molecule has 0 saturated heterocycles. The number of nitrogens with two attached hydrogens (primary N) is 1. The van der Waals surface area contributed by atoms with Crippen LogP contribution in [0.2, 0.25) is 0 Å². The predicted molar refractivity (Wildman–Crippen MR) is 53.9 cm³/mol. The Morgan fingerprint density at radius 1 is 1.20 bits per heavy atom. The van der Waals surface area contributed by atoms with E-state index in [-0.39, 0.29) is 18.9 Å². The fourth-order valence-electron chi connectivity index (χ4n) is 0.871. The average Bonchev–Trinajstić information content (AvgIpc) is 2.12. The van der Waals surface area contributed by atoms with Crippen molar-refractivity contribution < 1.29 is 14.4 Å². The molecule has 0 aliphatic rings. The van der Waals surface area contributed by atoms with Crippen molar-refractivity contribution in [1.29, 1.82) is 0 Å². The van der Waals surface area contributed by atoms with Crippen molar-refractivity contribution in [3.8, 4) is 0 Å². The van der Waals surface area contributed by atoms with Gasteiger partial charge in [-0.2, -0.15) is 0 Å². The summed E-state index contributed by atoms with van der Waals surface area (Å²) in [6.45, 7) is 2.74. The van der Waals surface area contributed by atoms with E-state index in [2.05, 4.69) is 10.6 Å². The smallest absolute Gasteiger partial charge is 0.318 e. The Morgan fingerprint density at radius 2 is 1.87 bits per heavy atom. The van der Waals surface area contributed by atoms with E-state index in [1.165, 1.54) is 0 Å². The van der Waals surface area contributed by atoms with Crippen LogP contribution in [0.1, 0.15) is 13.3 Å². The Hall–Kier alpha value is -1.63. The highest BCUT2D eigenvalue weighted by Crippen LogP contribution is 1.76. The molecule has 4 amide bonds. The average molecular weight is 216 g/mol. The zero-order chi connectivity index (χ0) is 11.7. The first-order valence-corrected chi connectivity index (χ1v) is 4.63. The van der Waals surface area contributed by atoms with Gasteiger partial charge in [-0.3, -0.25) is 14.9 Å².